The fourth-order valence-electron chi connectivity index (χ4n) is 4.34. The average molecular weight is 166 g/mol. The lowest BCUT2D eigenvalue weighted by molar-refractivity contribution is -0.141. The Morgan fingerprint density at radius 3 is 2.42 bits per heavy atom. The standard InChI is InChI=1S/C11H18O/c12-9-3-6-10-4-1-2-5-11(9,10)8-7-10/h9,12H,1-8H2. The number of hydrogen-bond donors (Lipinski definition) is 1. The maximum absolute atomic E-state index is 10.0. The Bertz CT molecular complexity index is 209. The average Bonchev–Trinajstić information content (AvgIpc) is 2.27. The third kappa shape index (κ3) is 0.585. The van der Waals surface area contributed by atoms with E-state index in [2.05, 4.69) is 0 Å². The summed E-state index contributed by atoms with van der Waals surface area (Å²) in [4.78, 5) is 0. The molecular formula is C11H18O. The molecule has 1 N–H and O–H groups in total. The van der Waals surface area contributed by atoms with Crippen molar-refractivity contribution < 1.29 is 5.11 Å². The second-order valence-corrected chi connectivity index (χ2v) is 5.20. The van der Waals surface area contributed by atoms with E-state index in [4.69, 9.17) is 0 Å². The predicted molar refractivity (Wildman–Crippen MR) is 47.8 cm³/mol. The molecule has 0 saturated heterocycles. The van der Waals surface area contributed by atoms with Crippen molar-refractivity contribution in [2.75, 3.05) is 0 Å². The van der Waals surface area contributed by atoms with Crippen LogP contribution in [0.2, 0.25) is 0 Å². The van der Waals surface area contributed by atoms with Crippen LogP contribution in [0.4, 0.5) is 0 Å². The Balaban J connectivity index is 1.99. The Morgan fingerprint density at radius 1 is 0.917 bits per heavy atom. The van der Waals surface area contributed by atoms with Crippen LogP contribution in [-0.2, 0) is 0 Å². The Morgan fingerprint density at radius 2 is 1.75 bits per heavy atom. The first kappa shape index (κ1) is 7.37. The van der Waals surface area contributed by atoms with Crippen LogP contribution >= 0.6 is 0 Å². The molecule has 0 aliphatic heterocycles. The molecular weight excluding hydrogens is 148 g/mol. The van der Waals surface area contributed by atoms with Crippen LogP contribution in [0.25, 0.3) is 0 Å². The van der Waals surface area contributed by atoms with E-state index in [1.54, 1.807) is 0 Å². The molecule has 3 atom stereocenters. The monoisotopic (exact) mass is 166 g/mol. The first-order valence-electron chi connectivity index (χ1n) is 5.47. The number of aliphatic hydroxyl groups excluding tert-OH is 1. The summed E-state index contributed by atoms with van der Waals surface area (Å²) in [5.74, 6) is 0. The fraction of sp³-hybridized carbons (Fsp3) is 1.00. The van der Waals surface area contributed by atoms with Crippen molar-refractivity contribution in [2.45, 2.75) is 57.5 Å². The number of aliphatic hydroxyl groups is 1. The van der Waals surface area contributed by atoms with Gasteiger partial charge in [0.25, 0.3) is 0 Å². The first-order chi connectivity index (χ1) is 5.79. The molecule has 0 heterocycles. The molecule has 0 aromatic rings. The molecule has 3 aliphatic rings. The molecule has 1 heteroatoms. The molecule has 0 aromatic heterocycles. The van der Waals surface area contributed by atoms with Crippen LogP contribution in [0.15, 0.2) is 0 Å². The van der Waals surface area contributed by atoms with Crippen molar-refractivity contribution in [1.82, 2.24) is 0 Å². The summed E-state index contributed by atoms with van der Waals surface area (Å²) in [5, 5.41) is 10.0. The van der Waals surface area contributed by atoms with Crippen molar-refractivity contribution in [1.29, 1.82) is 0 Å². The molecule has 3 rings (SSSR count). The Labute approximate surface area is 74.2 Å². The van der Waals surface area contributed by atoms with Gasteiger partial charge in [0.05, 0.1) is 6.10 Å². The normalized spacial score (nSPS) is 57.2. The van der Waals surface area contributed by atoms with Gasteiger partial charge in [-0.15, -0.1) is 0 Å². The van der Waals surface area contributed by atoms with E-state index in [0.29, 0.717) is 10.8 Å². The van der Waals surface area contributed by atoms with Gasteiger partial charge in [-0.25, -0.2) is 0 Å². The zero-order chi connectivity index (χ0) is 8.23. The maximum atomic E-state index is 10.0. The van der Waals surface area contributed by atoms with Gasteiger partial charge in [0, 0.05) is 5.41 Å². The van der Waals surface area contributed by atoms with E-state index in [0.717, 1.165) is 6.42 Å². The third-order valence-corrected chi connectivity index (χ3v) is 5.17. The topological polar surface area (TPSA) is 20.2 Å². The molecule has 3 saturated carbocycles. The molecule has 68 valence electrons. The highest BCUT2D eigenvalue weighted by molar-refractivity contribution is 5.15. The van der Waals surface area contributed by atoms with Crippen molar-refractivity contribution >= 4 is 0 Å². The maximum Gasteiger partial charge on any atom is 0.0602 e. The molecule has 12 heavy (non-hydrogen) atoms. The summed E-state index contributed by atoms with van der Waals surface area (Å²) in [5.41, 5.74) is 1.05. The Kier molecular flexibility index (Phi) is 1.27. The highest BCUT2D eigenvalue weighted by atomic mass is 16.3. The van der Waals surface area contributed by atoms with E-state index < -0.39 is 0 Å². The number of rotatable bonds is 0. The fourth-order valence-corrected chi connectivity index (χ4v) is 4.34. The molecule has 0 bridgehead atoms. The van der Waals surface area contributed by atoms with Crippen molar-refractivity contribution in [3.63, 3.8) is 0 Å². The molecule has 3 unspecified atom stereocenters. The van der Waals surface area contributed by atoms with Crippen LogP contribution in [0.3, 0.4) is 0 Å². The molecule has 0 aromatic carbocycles. The lowest BCUT2D eigenvalue weighted by Crippen LogP contribution is -2.54. The highest BCUT2D eigenvalue weighted by Gasteiger charge is 2.65. The second kappa shape index (κ2) is 2.06. The van der Waals surface area contributed by atoms with E-state index in [9.17, 15) is 5.11 Å². The van der Waals surface area contributed by atoms with Crippen molar-refractivity contribution in [2.24, 2.45) is 10.8 Å². The quantitative estimate of drug-likeness (QED) is 0.586. The van der Waals surface area contributed by atoms with Gasteiger partial charge in [-0.3, -0.25) is 0 Å². The van der Waals surface area contributed by atoms with Crippen LogP contribution in [-0.4, -0.2) is 11.2 Å². The first-order valence-corrected chi connectivity index (χ1v) is 5.47. The highest BCUT2D eigenvalue weighted by Crippen LogP contribution is 2.72. The minimum absolute atomic E-state index is 0.0616. The lowest BCUT2D eigenvalue weighted by Gasteiger charge is -2.60. The SMILES string of the molecule is OC1CCC23CCCCC12CC3. The summed E-state index contributed by atoms with van der Waals surface area (Å²) in [6.07, 6.45) is 10.8. The van der Waals surface area contributed by atoms with Gasteiger partial charge in [-0.1, -0.05) is 12.8 Å². The van der Waals surface area contributed by atoms with Gasteiger partial charge in [-0.05, 0) is 43.9 Å². The van der Waals surface area contributed by atoms with Crippen LogP contribution in [0.5, 0.6) is 0 Å². The second-order valence-electron chi connectivity index (χ2n) is 5.20. The third-order valence-electron chi connectivity index (χ3n) is 5.17. The molecule has 1 nitrogen and oxygen atoms in total. The van der Waals surface area contributed by atoms with E-state index >= 15 is 0 Å². The van der Waals surface area contributed by atoms with Gasteiger partial charge in [0.15, 0.2) is 0 Å². The summed E-state index contributed by atoms with van der Waals surface area (Å²) in [6.45, 7) is 0. The van der Waals surface area contributed by atoms with E-state index in [1.807, 2.05) is 0 Å². The summed E-state index contributed by atoms with van der Waals surface area (Å²) >= 11 is 0. The molecule has 0 radical (unpaired) electrons. The largest absolute Gasteiger partial charge is 0.393 e. The molecule has 0 spiro atoms. The van der Waals surface area contributed by atoms with Gasteiger partial charge >= 0.3 is 0 Å². The minimum Gasteiger partial charge on any atom is -0.393 e. The zero-order valence-corrected chi connectivity index (χ0v) is 7.68. The lowest BCUT2D eigenvalue weighted by atomic mass is 9.45. The van der Waals surface area contributed by atoms with Gasteiger partial charge in [0.2, 0.25) is 0 Å². The molecule has 3 aliphatic carbocycles. The summed E-state index contributed by atoms with van der Waals surface area (Å²) in [6, 6.07) is 0. The predicted octanol–water partition coefficient (Wildman–Crippen LogP) is 2.48. The van der Waals surface area contributed by atoms with E-state index in [1.165, 1.54) is 44.9 Å². The van der Waals surface area contributed by atoms with Crippen molar-refractivity contribution in [3.05, 3.63) is 0 Å². The van der Waals surface area contributed by atoms with Gasteiger partial charge < -0.3 is 5.11 Å². The minimum atomic E-state index is 0.0616. The van der Waals surface area contributed by atoms with Crippen molar-refractivity contribution in [3.8, 4) is 0 Å². The molecule has 0 amide bonds. The van der Waals surface area contributed by atoms with Crippen LogP contribution < -0.4 is 0 Å². The van der Waals surface area contributed by atoms with Crippen LogP contribution in [0, 0.1) is 10.8 Å². The Hall–Kier alpha value is -0.0400. The smallest absolute Gasteiger partial charge is 0.0602 e. The van der Waals surface area contributed by atoms with Crippen LogP contribution in [0.1, 0.15) is 51.4 Å². The summed E-state index contributed by atoms with van der Waals surface area (Å²) in [7, 11) is 0. The molecule has 3 fully saturated rings. The summed E-state index contributed by atoms with van der Waals surface area (Å²) < 4.78 is 0. The number of hydrogen-bond acceptors (Lipinski definition) is 1. The van der Waals surface area contributed by atoms with Gasteiger partial charge in [0.1, 0.15) is 0 Å². The van der Waals surface area contributed by atoms with Gasteiger partial charge in [-0.2, -0.15) is 0 Å². The zero-order valence-electron chi connectivity index (χ0n) is 7.68. The van der Waals surface area contributed by atoms with E-state index in [-0.39, 0.29) is 6.10 Å².